The van der Waals surface area contributed by atoms with Gasteiger partial charge in [0.05, 0.1) is 0 Å². The molecular weight excluding hydrogens is 214 g/mol. The largest absolute Gasteiger partial charge is 0.361 e. The van der Waals surface area contributed by atoms with Crippen molar-refractivity contribution < 1.29 is 4.79 Å². The molecule has 0 bridgehead atoms. The summed E-state index contributed by atoms with van der Waals surface area (Å²) in [4.78, 5) is 15.1. The maximum Gasteiger partial charge on any atom is 0.252 e. The normalized spacial score (nSPS) is 12.6. The average Bonchev–Trinajstić information content (AvgIpc) is 2.83. The van der Waals surface area contributed by atoms with E-state index in [1.807, 2.05) is 37.4 Å². The van der Waals surface area contributed by atoms with Gasteiger partial charge < -0.3 is 16.0 Å². The summed E-state index contributed by atoms with van der Waals surface area (Å²) in [5.41, 5.74) is 7.43. The fraction of sp³-hybridized carbons (Fsp3) is 0.308. The second kappa shape index (κ2) is 5.01. The molecule has 4 nitrogen and oxygen atoms in total. The van der Waals surface area contributed by atoms with Crippen molar-refractivity contribution in [3.63, 3.8) is 0 Å². The van der Waals surface area contributed by atoms with Crippen LogP contribution in [0.15, 0.2) is 30.5 Å². The number of carbonyl (C=O) groups is 1. The number of H-pyrrole nitrogens is 1. The third-order valence-electron chi connectivity index (χ3n) is 2.89. The summed E-state index contributed by atoms with van der Waals surface area (Å²) in [6, 6.07) is 7.56. The number of aromatic nitrogens is 1. The van der Waals surface area contributed by atoms with Gasteiger partial charge in [0, 0.05) is 35.2 Å². The molecule has 4 heteroatoms. The summed E-state index contributed by atoms with van der Waals surface area (Å²) in [6.07, 6.45) is 2.69. The van der Waals surface area contributed by atoms with Crippen LogP contribution < -0.4 is 11.1 Å². The van der Waals surface area contributed by atoms with Crippen LogP contribution in [0.5, 0.6) is 0 Å². The topological polar surface area (TPSA) is 70.9 Å². The number of amides is 1. The Morgan fingerprint density at radius 3 is 3.06 bits per heavy atom. The number of nitrogens with two attached hydrogens (primary N) is 1. The van der Waals surface area contributed by atoms with Gasteiger partial charge >= 0.3 is 0 Å². The quantitative estimate of drug-likeness (QED) is 0.748. The van der Waals surface area contributed by atoms with Crippen molar-refractivity contribution in [2.75, 3.05) is 6.54 Å². The highest BCUT2D eigenvalue weighted by molar-refractivity contribution is 6.06. The Balaban J connectivity index is 2.16. The lowest BCUT2D eigenvalue weighted by molar-refractivity contribution is 0.0952. The fourth-order valence-corrected chi connectivity index (χ4v) is 1.75. The Bertz CT molecular complexity index is 518. The van der Waals surface area contributed by atoms with E-state index in [9.17, 15) is 4.79 Å². The molecular formula is C13H17N3O. The minimum absolute atomic E-state index is 0.0179. The highest BCUT2D eigenvalue weighted by atomic mass is 16.1. The summed E-state index contributed by atoms with van der Waals surface area (Å²) in [5.74, 6) is -0.0703. The Morgan fingerprint density at radius 2 is 2.29 bits per heavy atom. The maximum absolute atomic E-state index is 12.0. The smallest absolute Gasteiger partial charge is 0.252 e. The molecule has 0 aliphatic carbocycles. The molecule has 0 radical (unpaired) electrons. The van der Waals surface area contributed by atoms with Crippen LogP contribution in [0.2, 0.25) is 0 Å². The van der Waals surface area contributed by atoms with Crippen LogP contribution in [0.4, 0.5) is 0 Å². The number of aromatic amines is 1. The van der Waals surface area contributed by atoms with Gasteiger partial charge in [0.2, 0.25) is 0 Å². The number of fused-ring (bicyclic) bond motifs is 1. The van der Waals surface area contributed by atoms with Crippen molar-refractivity contribution in [2.45, 2.75) is 19.4 Å². The van der Waals surface area contributed by atoms with Gasteiger partial charge in [-0.1, -0.05) is 13.0 Å². The van der Waals surface area contributed by atoms with Crippen LogP contribution in [-0.4, -0.2) is 23.5 Å². The predicted octanol–water partition coefficient (Wildman–Crippen LogP) is 1.63. The molecule has 17 heavy (non-hydrogen) atoms. The zero-order valence-electron chi connectivity index (χ0n) is 9.86. The fourth-order valence-electron chi connectivity index (χ4n) is 1.75. The van der Waals surface area contributed by atoms with E-state index in [1.165, 1.54) is 0 Å². The van der Waals surface area contributed by atoms with Crippen molar-refractivity contribution in [2.24, 2.45) is 5.73 Å². The minimum atomic E-state index is -0.0703. The molecule has 0 saturated carbocycles. The van der Waals surface area contributed by atoms with E-state index in [-0.39, 0.29) is 11.9 Å². The standard InChI is InChI=1S/C13H17N3O/c1-2-9(14)8-16-13(17)11-4-3-5-12-10(11)6-7-15-12/h3-7,9,15H,2,8,14H2,1H3,(H,16,17). The van der Waals surface area contributed by atoms with Gasteiger partial charge in [-0.05, 0) is 24.6 Å². The first-order chi connectivity index (χ1) is 8.22. The minimum Gasteiger partial charge on any atom is -0.361 e. The summed E-state index contributed by atoms with van der Waals surface area (Å²) in [6.45, 7) is 2.51. The van der Waals surface area contributed by atoms with Crippen LogP contribution in [0.3, 0.4) is 0 Å². The van der Waals surface area contributed by atoms with E-state index < -0.39 is 0 Å². The number of nitrogens with one attached hydrogen (secondary N) is 2. The van der Waals surface area contributed by atoms with E-state index in [1.54, 1.807) is 0 Å². The molecule has 0 fully saturated rings. The van der Waals surface area contributed by atoms with Crippen LogP contribution in [0, 0.1) is 0 Å². The van der Waals surface area contributed by atoms with Gasteiger partial charge in [-0.2, -0.15) is 0 Å². The lowest BCUT2D eigenvalue weighted by Gasteiger charge is -2.10. The average molecular weight is 231 g/mol. The molecule has 0 aliphatic rings. The summed E-state index contributed by atoms with van der Waals surface area (Å²) < 4.78 is 0. The van der Waals surface area contributed by atoms with E-state index in [0.29, 0.717) is 12.1 Å². The zero-order chi connectivity index (χ0) is 12.3. The second-order valence-corrected chi connectivity index (χ2v) is 4.12. The van der Waals surface area contributed by atoms with E-state index >= 15 is 0 Å². The van der Waals surface area contributed by atoms with Gasteiger partial charge in [0.1, 0.15) is 0 Å². The molecule has 0 aliphatic heterocycles. The molecule has 1 heterocycles. The number of hydrogen-bond donors (Lipinski definition) is 3. The second-order valence-electron chi connectivity index (χ2n) is 4.12. The van der Waals surface area contributed by atoms with Crippen LogP contribution >= 0.6 is 0 Å². The van der Waals surface area contributed by atoms with E-state index in [2.05, 4.69) is 10.3 Å². The van der Waals surface area contributed by atoms with Crippen molar-refractivity contribution in [3.8, 4) is 0 Å². The molecule has 1 amide bonds. The Morgan fingerprint density at radius 1 is 1.47 bits per heavy atom. The lowest BCUT2D eigenvalue weighted by atomic mass is 10.1. The highest BCUT2D eigenvalue weighted by Crippen LogP contribution is 2.16. The first-order valence-electron chi connectivity index (χ1n) is 5.82. The third kappa shape index (κ3) is 2.47. The Kier molecular flexibility index (Phi) is 3.44. The van der Waals surface area contributed by atoms with Crippen LogP contribution in [0.1, 0.15) is 23.7 Å². The van der Waals surface area contributed by atoms with Crippen molar-refractivity contribution in [1.82, 2.24) is 10.3 Å². The monoisotopic (exact) mass is 231 g/mol. The zero-order valence-corrected chi connectivity index (χ0v) is 9.86. The van der Waals surface area contributed by atoms with Gasteiger partial charge in [0.15, 0.2) is 0 Å². The van der Waals surface area contributed by atoms with Crippen LogP contribution in [0.25, 0.3) is 10.9 Å². The molecule has 2 rings (SSSR count). The number of rotatable bonds is 4. The first-order valence-corrected chi connectivity index (χ1v) is 5.82. The first kappa shape index (κ1) is 11.7. The number of benzene rings is 1. The molecule has 90 valence electrons. The molecule has 0 spiro atoms. The SMILES string of the molecule is CCC(N)CNC(=O)c1cccc2[nH]ccc12. The molecule has 1 aromatic heterocycles. The van der Waals surface area contributed by atoms with Gasteiger partial charge in [-0.3, -0.25) is 4.79 Å². The van der Waals surface area contributed by atoms with Crippen molar-refractivity contribution in [1.29, 1.82) is 0 Å². The van der Waals surface area contributed by atoms with Crippen LogP contribution in [-0.2, 0) is 0 Å². The van der Waals surface area contributed by atoms with Gasteiger partial charge in [-0.15, -0.1) is 0 Å². The number of hydrogen-bond acceptors (Lipinski definition) is 2. The Hall–Kier alpha value is -1.81. The molecule has 4 N–H and O–H groups in total. The molecule has 1 aromatic carbocycles. The van der Waals surface area contributed by atoms with E-state index in [4.69, 9.17) is 5.73 Å². The summed E-state index contributed by atoms with van der Waals surface area (Å²) in [5, 5.41) is 3.79. The van der Waals surface area contributed by atoms with Crippen molar-refractivity contribution >= 4 is 16.8 Å². The molecule has 2 aromatic rings. The molecule has 1 atom stereocenters. The molecule has 0 saturated heterocycles. The van der Waals surface area contributed by atoms with E-state index in [0.717, 1.165) is 17.3 Å². The molecule has 1 unspecified atom stereocenters. The maximum atomic E-state index is 12.0. The number of carbonyl (C=O) groups excluding carboxylic acids is 1. The van der Waals surface area contributed by atoms with Gasteiger partial charge in [-0.25, -0.2) is 0 Å². The highest BCUT2D eigenvalue weighted by Gasteiger charge is 2.10. The summed E-state index contributed by atoms with van der Waals surface area (Å²) >= 11 is 0. The third-order valence-corrected chi connectivity index (χ3v) is 2.89. The summed E-state index contributed by atoms with van der Waals surface area (Å²) in [7, 11) is 0. The predicted molar refractivity (Wildman–Crippen MR) is 68.9 cm³/mol. The lowest BCUT2D eigenvalue weighted by Crippen LogP contribution is -2.36. The van der Waals surface area contributed by atoms with Crippen molar-refractivity contribution in [3.05, 3.63) is 36.0 Å². The Labute approximate surface area is 100 Å². The van der Waals surface area contributed by atoms with Gasteiger partial charge in [0.25, 0.3) is 5.91 Å².